The summed E-state index contributed by atoms with van der Waals surface area (Å²) in [4.78, 5) is 117. The molecule has 1 aliphatic heterocycles. The zero-order valence-corrected chi connectivity index (χ0v) is 34.4. The highest BCUT2D eigenvalue weighted by Gasteiger charge is 2.39. The quantitative estimate of drug-likeness (QED) is 0.0310. The van der Waals surface area contributed by atoms with Crippen LogP contribution in [0.1, 0.15) is 64.9 Å². The highest BCUT2D eigenvalue weighted by molar-refractivity contribution is 5.97. The van der Waals surface area contributed by atoms with E-state index in [1.54, 1.807) is 44.2 Å². The maximum atomic E-state index is 13.9. The standard InChI is InChI=1S/C35H55N11O9.C2HF3O2/c1-19(2)28(34(55)41-22(29(37)50)13-14-27(36)49)45-32(53)25(18-47)44-30(51)23(11-7-15-40-35(38)39)42-31(52)24(17-21-9-5-4-6-10-21)43-33(54)26-12-8-16-46(26)20(3)48;3-2(4,5)1(6)7/h4-6,9-10,19,22-26,28,47H,7-8,11-18H2,1-3H3,(H2,36,49)(H2,37,50)(H,41,55)(H,42,52)(H,43,54)(H,44,51)(H,45,53)(H4,38,39,40);(H,6,7)/t22-,23-,24-,25-,26-,28-;/m0./s1. The van der Waals surface area contributed by atoms with Gasteiger partial charge in [-0.05, 0) is 43.6 Å². The summed E-state index contributed by atoms with van der Waals surface area (Å²) in [6.45, 7) is 4.11. The van der Waals surface area contributed by atoms with Gasteiger partial charge in [0.25, 0.3) is 0 Å². The van der Waals surface area contributed by atoms with E-state index < -0.39 is 102 Å². The lowest BCUT2D eigenvalue weighted by atomic mass is 10.0. The molecule has 6 atom stereocenters. The first kappa shape index (κ1) is 53.5. The fraction of sp³-hybridized carbons (Fsp3) is 0.568. The molecule has 0 aromatic heterocycles. The van der Waals surface area contributed by atoms with E-state index in [1.165, 1.54) is 11.8 Å². The average molecular weight is 888 g/mol. The second-order valence-electron chi connectivity index (χ2n) is 14.4. The Bertz CT molecular complexity index is 1760. The van der Waals surface area contributed by atoms with Crippen LogP contribution in [-0.2, 0) is 49.6 Å². The van der Waals surface area contributed by atoms with Gasteiger partial charge in [-0.15, -0.1) is 0 Å². The third kappa shape index (κ3) is 19.2. The molecule has 22 nitrogen and oxygen atoms in total. The summed E-state index contributed by atoms with van der Waals surface area (Å²) < 4.78 is 31.7. The van der Waals surface area contributed by atoms with Gasteiger partial charge in [0.2, 0.25) is 47.3 Å². The predicted molar refractivity (Wildman–Crippen MR) is 213 cm³/mol. The number of amides is 8. The minimum absolute atomic E-state index is 0.0347. The van der Waals surface area contributed by atoms with Crippen LogP contribution in [0, 0.1) is 5.92 Å². The minimum Gasteiger partial charge on any atom is -0.475 e. The number of alkyl halides is 3. The number of aliphatic hydroxyl groups excluding tert-OH is 1. The molecule has 0 unspecified atom stereocenters. The number of nitrogens with one attached hydrogen (secondary N) is 5. The van der Waals surface area contributed by atoms with Gasteiger partial charge in [0, 0.05) is 32.9 Å². The van der Waals surface area contributed by atoms with Crippen LogP contribution in [0.3, 0.4) is 0 Å². The van der Waals surface area contributed by atoms with Crippen LogP contribution >= 0.6 is 0 Å². The Morgan fingerprint density at radius 2 is 1.35 bits per heavy atom. The monoisotopic (exact) mass is 887 g/mol. The molecule has 0 aliphatic carbocycles. The van der Waals surface area contributed by atoms with Gasteiger partial charge < -0.3 is 64.6 Å². The van der Waals surface area contributed by atoms with Gasteiger partial charge in [0.15, 0.2) is 5.96 Å². The van der Waals surface area contributed by atoms with Crippen molar-refractivity contribution in [2.75, 3.05) is 19.7 Å². The Hall–Kier alpha value is -6.53. The fourth-order valence-corrected chi connectivity index (χ4v) is 5.88. The molecule has 1 heterocycles. The lowest BCUT2D eigenvalue weighted by molar-refractivity contribution is -0.192. The second-order valence-corrected chi connectivity index (χ2v) is 14.4. The van der Waals surface area contributed by atoms with Gasteiger partial charge in [-0.25, -0.2) is 4.79 Å². The molecular formula is C37H56F3N11O11. The number of benzene rings is 1. The molecule has 0 bridgehead atoms. The van der Waals surface area contributed by atoms with E-state index in [1.807, 2.05) is 0 Å². The van der Waals surface area contributed by atoms with Crippen LogP contribution in [0.15, 0.2) is 35.3 Å². The third-order valence-corrected chi connectivity index (χ3v) is 9.10. The molecule has 15 N–H and O–H groups in total. The number of carbonyl (C=O) groups is 9. The lowest BCUT2D eigenvalue weighted by Crippen LogP contribution is -2.61. The molecule has 1 aromatic rings. The predicted octanol–water partition coefficient (Wildman–Crippen LogP) is -3.25. The zero-order chi connectivity index (χ0) is 47.3. The van der Waals surface area contributed by atoms with Crippen molar-refractivity contribution in [2.24, 2.45) is 33.8 Å². The smallest absolute Gasteiger partial charge is 0.475 e. The number of aliphatic hydroxyl groups is 1. The SMILES string of the molecule is CC(=O)N1CCC[C@H]1C(=O)N[C@@H](Cc1ccccc1)C(=O)N[C@@H](CCCN=C(N)N)C(=O)N[C@@H](CO)C(=O)N[C@H](C(=O)N[C@@H](CCC(N)=O)C(N)=O)C(C)C.O=C(O)C(F)(F)F. The largest absolute Gasteiger partial charge is 0.490 e. The number of likely N-dealkylation sites (tertiary alicyclic amines) is 1. The van der Waals surface area contributed by atoms with Crippen LogP contribution in [0.2, 0.25) is 0 Å². The Kier molecular flexibility index (Phi) is 22.4. The number of halogens is 3. The van der Waals surface area contributed by atoms with Gasteiger partial charge in [-0.2, -0.15) is 13.2 Å². The molecule has 8 amide bonds. The van der Waals surface area contributed by atoms with Crippen LogP contribution in [0.5, 0.6) is 0 Å². The van der Waals surface area contributed by atoms with E-state index in [0.29, 0.717) is 24.9 Å². The fourth-order valence-electron chi connectivity index (χ4n) is 5.88. The van der Waals surface area contributed by atoms with Crippen molar-refractivity contribution in [3.8, 4) is 0 Å². The molecule has 2 rings (SSSR count). The third-order valence-electron chi connectivity index (χ3n) is 9.10. The first-order chi connectivity index (χ1) is 28.9. The molecule has 1 aliphatic rings. The summed E-state index contributed by atoms with van der Waals surface area (Å²) in [7, 11) is 0. The van der Waals surface area contributed by atoms with Crippen molar-refractivity contribution < 1.29 is 66.5 Å². The lowest BCUT2D eigenvalue weighted by Gasteiger charge is -2.28. The Labute approximate surface area is 354 Å². The second kappa shape index (κ2) is 25.9. The minimum atomic E-state index is -5.08. The van der Waals surface area contributed by atoms with Gasteiger partial charge in [-0.3, -0.25) is 43.3 Å². The van der Waals surface area contributed by atoms with Crippen molar-refractivity contribution in [1.82, 2.24) is 31.5 Å². The molecule has 0 saturated carbocycles. The molecular weight excluding hydrogens is 831 g/mol. The van der Waals surface area contributed by atoms with Crippen molar-refractivity contribution in [1.29, 1.82) is 0 Å². The molecule has 62 heavy (non-hydrogen) atoms. The summed E-state index contributed by atoms with van der Waals surface area (Å²) in [5.41, 5.74) is 22.1. The summed E-state index contributed by atoms with van der Waals surface area (Å²) >= 11 is 0. The normalized spacial score (nSPS) is 15.8. The number of nitrogens with zero attached hydrogens (tertiary/aromatic N) is 2. The maximum absolute atomic E-state index is 13.9. The van der Waals surface area contributed by atoms with Crippen LogP contribution < -0.4 is 49.5 Å². The molecule has 1 aromatic carbocycles. The summed E-state index contributed by atoms with van der Waals surface area (Å²) in [5.74, 6) is -9.40. The average Bonchev–Trinajstić information content (AvgIpc) is 3.69. The van der Waals surface area contributed by atoms with E-state index in [0.717, 1.165) is 0 Å². The first-order valence-corrected chi connectivity index (χ1v) is 19.3. The zero-order valence-electron chi connectivity index (χ0n) is 34.4. The highest BCUT2D eigenvalue weighted by atomic mass is 19.4. The van der Waals surface area contributed by atoms with Crippen LogP contribution in [0.25, 0.3) is 0 Å². The van der Waals surface area contributed by atoms with Gasteiger partial charge in [0.05, 0.1) is 6.61 Å². The topological polar surface area (TPSA) is 374 Å². The van der Waals surface area contributed by atoms with E-state index in [-0.39, 0.29) is 50.5 Å². The summed E-state index contributed by atoms with van der Waals surface area (Å²) in [6, 6.07) is 1.37. The number of carbonyl (C=O) groups excluding carboxylic acids is 8. The molecule has 25 heteroatoms. The number of guanidine groups is 1. The Morgan fingerprint density at radius 3 is 1.85 bits per heavy atom. The van der Waals surface area contributed by atoms with E-state index >= 15 is 0 Å². The number of carboxylic acid groups (broad SMARTS) is 1. The van der Waals surface area contributed by atoms with Crippen molar-refractivity contribution >= 4 is 59.2 Å². The summed E-state index contributed by atoms with van der Waals surface area (Å²) in [6.07, 6.45) is -4.31. The van der Waals surface area contributed by atoms with Crippen molar-refractivity contribution in [3.05, 3.63) is 35.9 Å². The van der Waals surface area contributed by atoms with Crippen LogP contribution in [-0.4, -0.2) is 136 Å². The maximum Gasteiger partial charge on any atom is 0.490 e. The van der Waals surface area contributed by atoms with E-state index in [4.69, 9.17) is 32.8 Å². The van der Waals surface area contributed by atoms with E-state index in [2.05, 4.69) is 31.6 Å². The number of primary amides is 2. The van der Waals surface area contributed by atoms with Crippen molar-refractivity contribution in [2.45, 2.75) is 108 Å². The Balaban J connectivity index is 0.00000251. The van der Waals surface area contributed by atoms with Gasteiger partial charge in [-0.1, -0.05) is 44.2 Å². The molecule has 1 saturated heterocycles. The van der Waals surface area contributed by atoms with E-state index in [9.17, 15) is 56.6 Å². The first-order valence-electron chi connectivity index (χ1n) is 19.3. The number of carboxylic acids is 1. The highest BCUT2D eigenvalue weighted by Crippen LogP contribution is 2.18. The number of rotatable bonds is 22. The number of hydrogen-bond acceptors (Lipinski definition) is 11. The Morgan fingerprint density at radius 1 is 0.806 bits per heavy atom. The molecule has 346 valence electrons. The van der Waals surface area contributed by atoms with Gasteiger partial charge in [0.1, 0.15) is 36.3 Å². The van der Waals surface area contributed by atoms with Crippen LogP contribution in [0.4, 0.5) is 13.2 Å². The number of aliphatic carboxylic acids is 1. The molecule has 1 fully saturated rings. The van der Waals surface area contributed by atoms with Crippen molar-refractivity contribution in [3.63, 3.8) is 0 Å². The summed E-state index contributed by atoms with van der Waals surface area (Å²) in [5, 5.41) is 29.9. The number of aliphatic imine (C=N–C) groups is 1. The number of nitrogens with two attached hydrogens (primary N) is 4. The van der Waals surface area contributed by atoms with Gasteiger partial charge >= 0.3 is 12.1 Å². The molecule has 0 spiro atoms. The number of hydrogen-bond donors (Lipinski definition) is 11. The molecule has 0 radical (unpaired) electrons.